The number of nitrogens with zero attached hydrogens (tertiary/aromatic N) is 2. The summed E-state index contributed by atoms with van der Waals surface area (Å²) in [4.78, 5) is 17.1. The number of piperazine rings is 1. The maximum Gasteiger partial charge on any atom is 0.234 e. The predicted octanol–water partition coefficient (Wildman–Crippen LogP) is 2.29. The fraction of sp³-hybridized carbons (Fsp3) is 0.632. The standard InChI is InChI=1S/C19H31N3O2/c1-5-17(16-9-7-8-10-18(16)24-6-2)20-19(23)14-22-12-11-21(4)13-15(22)3/h7-10,15,17H,5-6,11-14H2,1-4H3,(H,20,23)/t15-,17+/m0/s1. The second-order valence-electron chi connectivity index (χ2n) is 6.58. The zero-order chi connectivity index (χ0) is 17.5. The molecule has 0 bridgehead atoms. The second kappa shape index (κ2) is 9.04. The SMILES string of the molecule is CCOc1ccccc1[C@@H](CC)NC(=O)CN1CCN(C)C[C@@H]1C. The molecule has 1 amide bonds. The maximum atomic E-state index is 12.5. The molecule has 1 fully saturated rings. The second-order valence-corrected chi connectivity index (χ2v) is 6.58. The van der Waals surface area contributed by atoms with Gasteiger partial charge in [0.2, 0.25) is 5.91 Å². The average Bonchev–Trinajstić information content (AvgIpc) is 2.56. The highest BCUT2D eigenvalue weighted by Crippen LogP contribution is 2.27. The van der Waals surface area contributed by atoms with Gasteiger partial charge in [0.25, 0.3) is 0 Å². The lowest BCUT2D eigenvalue weighted by atomic mass is 10.0. The summed E-state index contributed by atoms with van der Waals surface area (Å²) in [6, 6.07) is 8.37. The summed E-state index contributed by atoms with van der Waals surface area (Å²) in [5, 5.41) is 3.19. The summed E-state index contributed by atoms with van der Waals surface area (Å²) in [6.07, 6.45) is 0.841. The predicted molar refractivity (Wildman–Crippen MR) is 97.3 cm³/mol. The number of ether oxygens (including phenoxy) is 1. The van der Waals surface area contributed by atoms with E-state index >= 15 is 0 Å². The third-order valence-electron chi connectivity index (χ3n) is 4.65. The van der Waals surface area contributed by atoms with Gasteiger partial charge in [0.15, 0.2) is 0 Å². The van der Waals surface area contributed by atoms with Gasteiger partial charge in [-0.15, -0.1) is 0 Å². The third-order valence-corrected chi connectivity index (χ3v) is 4.65. The molecule has 0 unspecified atom stereocenters. The van der Waals surface area contributed by atoms with Gasteiger partial charge in [-0.25, -0.2) is 0 Å². The van der Waals surface area contributed by atoms with Crippen LogP contribution in [0.3, 0.4) is 0 Å². The van der Waals surface area contributed by atoms with Gasteiger partial charge in [0.1, 0.15) is 5.75 Å². The molecule has 0 aromatic heterocycles. The molecule has 134 valence electrons. The summed E-state index contributed by atoms with van der Waals surface area (Å²) in [7, 11) is 2.13. The number of likely N-dealkylation sites (N-methyl/N-ethyl adjacent to an activating group) is 1. The van der Waals surface area contributed by atoms with E-state index in [1.165, 1.54) is 0 Å². The Bertz CT molecular complexity index is 535. The molecule has 1 saturated heterocycles. The topological polar surface area (TPSA) is 44.8 Å². The molecule has 1 aromatic rings. The van der Waals surface area contributed by atoms with E-state index in [2.05, 4.69) is 36.0 Å². The quantitative estimate of drug-likeness (QED) is 0.831. The summed E-state index contributed by atoms with van der Waals surface area (Å²) in [6.45, 7) is 10.3. The smallest absolute Gasteiger partial charge is 0.234 e. The number of rotatable bonds is 7. The summed E-state index contributed by atoms with van der Waals surface area (Å²) >= 11 is 0. The molecule has 0 saturated carbocycles. The van der Waals surface area contributed by atoms with Crippen molar-refractivity contribution in [3.63, 3.8) is 0 Å². The Balaban J connectivity index is 1.98. The van der Waals surface area contributed by atoms with Crippen LogP contribution in [0.25, 0.3) is 0 Å². The van der Waals surface area contributed by atoms with Crippen molar-refractivity contribution in [3.8, 4) is 5.75 Å². The van der Waals surface area contributed by atoms with E-state index in [1.54, 1.807) is 0 Å². The summed E-state index contributed by atoms with van der Waals surface area (Å²) in [5.74, 6) is 0.949. The number of para-hydroxylation sites is 1. The molecular weight excluding hydrogens is 302 g/mol. The lowest BCUT2D eigenvalue weighted by molar-refractivity contribution is -0.124. The van der Waals surface area contributed by atoms with Crippen molar-refractivity contribution < 1.29 is 9.53 Å². The van der Waals surface area contributed by atoms with Crippen LogP contribution in [0.2, 0.25) is 0 Å². The van der Waals surface area contributed by atoms with E-state index in [4.69, 9.17) is 4.74 Å². The van der Waals surface area contributed by atoms with Crippen molar-refractivity contribution in [1.82, 2.24) is 15.1 Å². The van der Waals surface area contributed by atoms with E-state index in [9.17, 15) is 4.79 Å². The van der Waals surface area contributed by atoms with Crippen molar-refractivity contribution in [1.29, 1.82) is 0 Å². The van der Waals surface area contributed by atoms with Gasteiger partial charge in [-0.1, -0.05) is 25.1 Å². The lowest BCUT2D eigenvalue weighted by Crippen LogP contribution is -2.53. The number of benzene rings is 1. The van der Waals surface area contributed by atoms with Crippen LogP contribution in [0.1, 0.15) is 38.8 Å². The van der Waals surface area contributed by atoms with E-state index < -0.39 is 0 Å². The number of amides is 1. The van der Waals surface area contributed by atoms with Crippen LogP contribution in [0.15, 0.2) is 24.3 Å². The van der Waals surface area contributed by atoms with Crippen LogP contribution in [-0.4, -0.2) is 61.6 Å². The molecule has 0 radical (unpaired) electrons. The Morgan fingerprint density at radius 3 is 2.75 bits per heavy atom. The van der Waals surface area contributed by atoms with Gasteiger partial charge in [-0.3, -0.25) is 9.69 Å². The van der Waals surface area contributed by atoms with Crippen molar-refractivity contribution >= 4 is 5.91 Å². The minimum atomic E-state index is -0.0111. The summed E-state index contributed by atoms with van der Waals surface area (Å²) in [5.41, 5.74) is 1.06. The van der Waals surface area contributed by atoms with Gasteiger partial charge >= 0.3 is 0 Å². The van der Waals surface area contributed by atoms with Crippen LogP contribution in [-0.2, 0) is 4.79 Å². The van der Waals surface area contributed by atoms with Gasteiger partial charge in [-0.2, -0.15) is 0 Å². The molecule has 1 aromatic carbocycles. The normalized spacial score (nSPS) is 20.6. The molecule has 1 aliphatic heterocycles. The first-order valence-corrected chi connectivity index (χ1v) is 8.98. The molecule has 1 heterocycles. The molecule has 0 aliphatic carbocycles. The first kappa shape index (κ1) is 18.7. The van der Waals surface area contributed by atoms with Crippen LogP contribution >= 0.6 is 0 Å². The maximum absolute atomic E-state index is 12.5. The zero-order valence-corrected chi connectivity index (χ0v) is 15.4. The highest BCUT2D eigenvalue weighted by Gasteiger charge is 2.24. The van der Waals surface area contributed by atoms with E-state index in [0.29, 0.717) is 19.2 Å². The largest absolute Gasteiger partial charge is 0.494 e. The zero-order valence-electron chi connectivity index (χ0n) is 15.4. The molecule has 2 rings (SSSR count). The number of carbonyl (C=O) groups is 1. The Morgan fingerprint density at radius 2 is 2.08 bits per heavy atom. The first-order valence-electron chi connectivity index (χ1n) is 8.98. The average molecular weight is 333 g/mol. The highest BCUT2D eigenvalue weighted by molar-refractivity contribution is 5.78. The summed E-state index contributed by atoms with van der Waals surface area (Å²) < 4.78 is 5.71. The van der Waals surface area contributed by atoms with Crippen LogP contribution in [0.4, 0.5) is 0 Å². The van der Waals surface area contributed by atoms with E-state index in [1.807, 2.05) is 31.2 Å². The van der Waals surface area contributed by atoms with Gasteiger partial charge in [-0.05, 0) is 33.4 Å². The lowest BCUT2D eigenvalue weighted by Gasteiger charge is -2.37. The van der Waals surface area contributed by atoms with E-state index in [0.717, 1.165) is 37.4 Å². The molecule has 2 atom stereocenters. The first-order chi connectivity index (χ1) is 11.5. The molecular formula is C19H31N3O2. The molecule has 1 N–H and O–H groups in total. The molecule has 5 heteroatoms. The molecule has 0 spiro atoms. The Labute approximate surface area is 146 Å². The Kier molecular flexibility index (Phi) is 7.06. The fourth-order valence-corrected chi connectivity index (χ4v) is 3.29. The van der Waals surface area contributed by atoms with Gasteiger partial charge < -0.3 is 15.0 Å². The van der Waals surface area contributed by atoms with Crippen molar-refractivity contribution in [2.45, 2.75) is 39.3 Å². The minimum absolute atomic E-state index is 0.0111. The number of hydrogen-bond donors (Lipinski definition) is 1. The van der Waals surface area contributed by atoms with Crippen LogP contribution in [0, 0.1) is 0 Å². The molecule has 1 aliphatic rings. The Hall–Kier alpha value is -1.59. The fourth-order valence-electron chi connectivity index (χ4n) is 3.29. The van der Waals surface area contributed by atoms with Crippen LogP contribution in [0.5, 0.6) is 5.75 Å². The van der Waals surface area contributed by atoms with Gasteiger partial charge in [0, 0.05) is 31.2 Å². The number of hydrogen-bond acceptors (Lipinski definition) is 4. The van der Waals surface area contributed by atoms with Crippen LogP contribution < -0.4 is 10.1 Å². The van der Waals surface area contributed by atoms with Crippen molar-refractivity contribution in [3.05, 3.63) is 29.8 Å². The highest BCUT2D eigenvalue weighted by atomic mass is 16.5. The molecule has 5 nitrogen and oxygen atoms in total. The van der Waals surface area contributed by atoms with E-state index in [-0.39, 0.29) is 11.9 Å². The number of nitrogens with one attached hydrogen (secondary N) is 1. The monoisotopic (exact) mass is 333 g/mol. The third kappa shape index (κ3) is 4.95. The molecule has 24 heavy (non-hydrogen) atoms. The Morgan fingerprint density at radius 1 is 1.33 bits per heavy atom. The minimum Gasteiger partial charge on any atom is -0.494 e. The number of carbonyl (C=O) groups excluding carboxylic acids is 1. The van der Waals surface area contributed by atoms with Gasteiger partial charge in [0.05, 0.1) is 19.2 Å². The van der Waals surface area contributed by atoms with Crippen molar-refractivity contribution in [2.24, 2.45) is 0 Å². The van der Waals surface area contributed by atoms with Crippen molar-refractivity contribution in [2.75, 3.05) is 39.8 Å².